The standard InChI is InChI=1S/C12H18N2/c13-14-12-9-5-4-8-11(12)10-6-2-1-3-7-10/h1-3,6-7,11-12,14H,4-5,8-9,13H2/t11-,12+/m0/s1. The summed E-state index contributed by atoms with van der Waals surface area (Å²) in [6.45, 7) is 0. The van der Waals surface area contributed by atoms with Crippen LogP contribution in [0.2, 0.25) is 0 Å². The summed E-state index contributed by atoms with van der Waals surface area (Å²) in [4.78, 5) is 0. The van der Waals surface area contributed by atoms with Gasteiger partial charge in [0.15, 0.2) is 0 Å². The van der Waals surface area contributed by atoms with Crippen molar-refractivity contribution in [2.75, 3.05) is 0 Å². The minimum atomic E-state index is 0.464. The molecule has 0 spiro atoms. The van der Waals surface area contributed by atoms with Gasteiger partial charge < -0.3 is 0 Å². The first-order chi connectivity index (χ1) is 6.92. The van der Waals surface area contributed by atoms with Crippen molar-refractivity contribution in [1.82, 2.24) is 5.43 Å². The van der Waals surface area contributed by atoms with Gasteiger partial charge in [-0.15, -0.1) is 0 Å². The summed E-state index contributed by atoms with van der Waals surface area (Å²) in [5.74, 6) is 6.19. The summed E-state index contributed by atoms with van der Waals surface area (Å²) in [6, 6.07) is 11.2. The number of benzene rings is 1. The third-order valence-electron chi connectivity index (χ3n) is 3.21. The van der Waals surface area contributed by atoms with Gasteiger partial charge in [0, 0.05) is 12.0 Å². The molecule has 2 nitrogen and oxygen atoms in total. The molecular formula is C12H18N2. The molecule has 14 heavy (non-hydrogen) atoms. The van der Waals surface area contributed by atoms with Crippen molar-refractivity contribution in [3.63, 3.8) is 0 Å². The molecular weight excluding hydrogens is 172 g/mol. The van der Waals surface area contributed by atoms with Gasteiger partial charge in [0.2, 0.25) is 0 Å². The predicted molar refractivity (Wildman–Crippen MR) is 58.8 cm³/mol. The van der Waals surface area contributed by atoms with Crippen molar-refractivity contribution >= 4 is 0 Å². The van der Waals surface area contributed by atoms with Gasteiger partial charge in [-0.2, -0.15) is 0 Å². The Morgan fingerprint density at radius 1 is 1.07 bits per heavy atom. The zero-order valence-corrected chi connectivity index (χ0v) is 8.45. The Bertz CT molecular complexity index is 271. The highest BCUT2D eigenvalue weighted by atomic mass is 15.2. The third kappa shape index (κ3) is 1.97. The first kappa shape index (κ1) is 9.69. The number of hydrogen-bond donors (Lipinski definition) is 2. The minimum absolute atomic E-state index is 0.464. The molecule has 1 saturated carbocycles. The Kier molecular flexibility index (Phi) is 3.17. The Hall–Kier alpha value is -0.860. The lowest BCUT2D eigenvalue weighted by atomic mass is 9.80. The van der Waals surface area contributed by atoms with Gasteiger partial charge in [-0.05, 0) is 18.4 Å². The molecule has 1 aliphatic carbocycles. The first-order valence-electron chi connectivity index (χ1n) is 5.43. The number of nitrogens with one attached hydrogen (secondary N) is 1. The van der Waals surface area contributed by atoms with E-state index in [0.29, 0.717) is 12.0 Å². The van der Waals surface area contributed by atoms with Crippen molar-refractivity contribution in [1.29, 1.82) is 0 Å². The molecule has 76 valence electrons. The quantitative estimate of drug-likeness (QED) is 0.554. The lowest BCUT2D eigenvalue weighted by Crippen LogP contribution is -2.41. The van der Waals surface area contributed by atoms with Crippen LogP contribution >= 0.6 is 0 Å². The molecule has 0 aromatic heterocycles. The van der Waals surface area contributed by atoms with Gasteiger partial charge in [-0.1, -0.05) is 43.2 Å². The summed E-state index contributed by atoms with van der Waals surface area (Å²) in [5.41, 5.74) is 4.38. The average Bonchev–Trinajstić information content (AvgIpc) is 2.30. The van der Waals surface area contributed by atoms with Crippen LogP contribution in [0.1, 0.15) is 37.2 Å². The molecule has 0 unspecified atom stereocenters. The van der Waals surface area contributed by atoms with E-state index >= 15 is 0 Å². The molecule has 2 atom stereocenters. The Labute approximate surface area is 85.5 Å². The van der Waals surface area contributed by atoms with E-state index in [4.69, 9.17) is 5.84 Å². The van der Waals surface area contributed by atoms with Crippen molar-refractivity contribution in [2.24, 2.45) is 5.84 Å². The fourth-order valence-electron chi connectivity index (χ4n) is 2.43. The van der Waals surface area contributed by atoms with E-state index in [9.17, 15) is 0 Å². The lowest BCUT2D eigenvalue weighted by molar-refractivity contribution is 0.331. The average molecular weight is 190 g/mol. The minimum Gasteiger partial charge on any atom is -0.271 e. The SMILES string of the molecule is NN[C@@H]1CCCC[C@H]1c1ccccc1. The number of rotatable bonds is 2. The maximum absolute atomic E-state index is 5.58. The van der Waals surface area contributed by atoms with E-state index < -0.39 is 0 Å². The van der Waals surface area contributed by atoms with Crippen molar-refractivity contribution in [3.8, 4) is 0 Å². The Balaban J connectivity index is 2.15. The second-order valence-electron chi connectivity index (χ2n) is 4.07. The highest BCUT2D eigenvalue weighted by Crippen LogP contribution is 2.32. The summed E-state index contributed by atoms with van der Waals surface area (Å²) < 4.78 is 0. The van der Waals surface area contributed by atoms with E-state index in [0.717, 1.165) is 0 Å². The smallest absolute Gasteiger partial charge is 0.0279 e. The topological polar surface area (TPSA) is 38.0 Å². The first-order valence-corrected chi connectivity index (χ1v) is 5.43. The van der Waals surface area contributed by atoms with Gasteiger partial charge in [-0.3, -0.25) is 11.3 Å². The molecule has 0 aliphatic heterocycles. The van der Waals surface area contributed by atoms with Crippen LogP contribution in [0.3, 0.4) is 0 Å². The van der Waals surface area contributed by atoms with E-state index in [1.807, 2.05) is 0 Å². The molecule has 0 heterocycles. The van der Waals surface area contributed by atoms with Gasteiger partial charge in [0.25, 0.3) is 0 Å². The second kappa shape index (κ2) is 4.58. The Morgan fingerprint density at radius 2 is 1.79 bits per heavy atom. The van der Waals surface area contributed by atoms with Gasteiger partial charge in [0.1, 0.15) is 0 Å². The number of hydrazine groups is 1. The molecule has 0 bridgehead atoms. The molecule has 2 heteroatoms. The molecule has 0 saturated heterocycles. The summed E-state index contributed by atoms with van der Waals surface area (Å²) in [5, 5.41) is 0. The van der Waals surface area contributed by atoms with Gasteiger partial charge in [0.05, 0.1) is 0 Å². The number of hydrogen-bond acceptors (Lipinski definition) is 2. The molecule has 2 rings (SSSR count). The maximum Gasteiger partial charge on any atom is 0.0279 e. The van der Waals surface area contributed by atoms with E-state index in [2.05, 4.69) is 35.8 Å². The summed E-state index contributed by atoms with van der Waals surface area (Å²) in [7, 11) is 0. The largest absolute Gasteiger partial charge is 0.271 e. The lowest BCUT2D eigenvalue weighted by Gasteiger charge is -2.31. The van der Waals surface area contributed by atoms with Crippen LogP contribution < -0.4 is 11.3 Å². The van der Waals surface area contributed by atoms with Crippen LogP contribution in [-0.2, 0) is 0 Å². The van der Waals surface area contributed by atoms with E-state index in [-0.39, 0.29) is 0 Å². The van der Waals surface area contributed by atoms with Crippen LogP contribution in [0.25, 0.3) is 0 Å². The van der Waals surface area contributed by atoms with E-state index in [1.165, 1.54) is 31.2 Å². The summed E-state index contributed by atoms with van der Waals surface area (Å²) >= 11 is 0. The molecule has 1 aromatic rings. The molecule has 1 aromatic carbocycles. The Morgan fingerprint density at radius 3 is 2.50 bits per heavy atom. The highest BCUT2D eigenvalue weighted by molar-refractivity contribution is 5.21. The van der Waals surface area contributed by atoms with Crippen molar-refractivity contribution in [3.05, 3.63) is 35.9 Å². The van der Waals surface area contributed by atoms with Crippen LogP contribution in [0.15, 0.2) is 30.3 Å². The van der Waals surface area contributed by atoms with Gasteiger partial charge >= 0.3 is 0 Å². The predicted octanol–water partition coefficient (Wildman–Crippen LogP) is 2.18. The molecule has 1 fully saturated rings. The number of nitrogens with two attached hydrogens (primary N) is 1. The second-order valence-corrected chi connectivity index (χ2v) is 4.07. The molecule has 0 radical (unpaired) electrons. The zero-order chi connectivity index (χ0) is 9.80. The molecule has 0 amide bonds. The normalized spacial score (nSPS) is 27.5. The fraction of sp³-hybridized carbons (Fsp3) is 0.500. The fourth-order valence-corrected chi connectivity index (χ4v) is 2.43. The van der Waals surface area contributed by atoms with Crippen molar-refractivity contribution in [2.45, 2.75) is 37.6 Å². The van der Waals surface area contributed by atoms with Crippen LogP contribution in [0.4, 0.5) is 0 Å². The van der Waals surface area contributed by atoms with Crippen LogP contribution in [0, 0.1) is 0 Å². The van der Waals surface area contributed by atoms with Gasteiger partial charge in [-0.25, -0.2) is 0 Å². The van der Waals surface area contributed by atoms with Crippen LogP contribution in [-0.4, -0.2) is 6.04 Å². The van der Waals surface area contributed by atoms with Crippen molar-refractivity contribution < 1.29 is 0 Å². The highest BCUT2D eigenvalue weighted by Gasteiger charge is 2.24. The third-order valence-corrected chi connectivity index (χ3v) is 3.21. The molecule has 3 N–H and O–H groups in total. The monoisotopic (exact) mass is 190 g/mol. The zero-order valence-electron chi connectivity index (χ0n) is 8.45. The molecule has 1 aliphatic rings. The summed E-state index contributed by atoms with van der Waals surface area (Å²) in [6.07, 6.45) is 5.10. The maximum atomic E-state index is 5.58. The van der Waals surface area contributed by atoms with E-state index in [1.54, 1.807) is 0 Å². The van der Waals surface area contributed by atoms with Crippen LogP contribution in [0.5, 0.6) is 0 Å².